The third kappa shape index (κ3) is 8.81. The van der Waals surface area contributed by atoms with Gasteiger partial charge in [0.05, 0.1) is 0 Å². The van der Waals surface area contributed by atoms with Gasteiger partial charge in [0.2, 0.25) is 0 Å². The summed E-state index contributed by atoms with van der Waals surface area (Å²) in [4.78, 5) is 24.1. The molecule has 0 unspecified atom stereocenters. The van der Waals surface area contributed by atoms with Crippen LogP contribution in [-0.2, 0) is 4.79 Å². The molecule has 0 heterocycles. The summed E-state index contributed by atoms with van der Waals surface area (Å²) in [5, 5.41) is 17.7. The smallest absolute Gasteiger partial charge is 0.332 e. The molecule has 10 heteroatoms. The molecule has 0 aliphatic carbocycles. The molecular weight excluding hydrogens is 242 g/mol. The molecule has 0 rings (SSSR count). The van der Waals surface area contributed by atoms with Crippen molar-refractivity contribution in [3.63, 3.8) is 0 Å². The maximum absolute atomic E-state index is 10.5. The molecule has 0 fully saturated rings. The molecule has 6 N–H and O–H groups in total. The van der Waals surface area contributed by atoms with Crippen LogP contribution in [0.25, 0.3) is 0 Å². The quantitative estimate of drug-likeness (QED) is 0.145. The molecule has 0 aromatic rings. The zero-order valence-electron chi connectivity index (χ0n) is 8.33. The lowest BCUT2D eigenvalue weighted by molar-refractivity contribution is -0.549. The van der Waals surface area contributed by atoms with Gasteiger partial charge in [-0.25, -0.2) is 14.9 Å². The number of hydrazine groups is 1. The lowest BCUT2D eigenvalue weighted by atomic mass is 10.2. The first-order valence-electron chi connectivity index (χ1n) is 4.12. The van der Waals surface area contributed by atoms with Gasteiger partial charge in [0, 0.05) is 6.54 Å². The van der Waals surface area contributed by atoms with Crippen molar-refractivity contribution in [2.45, 2.75) is 18.9 Å². The molecule has 0 radical (unpaired) electrons. The fourth-order valence-corrected chi connectivity index (χ4v) is 0.874. The highest BCUT2D eigenvalue weighted by Crippen LogP contribution is 1.98. The van der Waals surface area contributed by atoms with Crippen LogP contribution < -0.4 is 16.9 Å². The van der Waals surface area contributed by atoms with E-state index in [1.807, 2.05) is 0 Å². The molecule has 16 heavy (non-hydrogen) atoms. The summed E-state index contributed by atoms with van der Waals surface area (Å²) in [5.41, 5.74) is 11.8. The fourth-order valence-electron chi connectivity index (χ4n) is 0.874. The van der Waals surface area contributed by atoms with Crippen molar-refractivity contribution in [1.29, 1.82) is 0 Å². The van der Waals surface area contributed by atoms with E-state index in [9.17, 15) is 14.9 Å². The molecule has 0 aliphatic heterocycles. The Kier molecular flexibility index (Phi) is 8.88. The Hall–Kier alpha value is -1.77. The van der Waals surface area contributed by atoms with Crippen molar-refractivity contribution in [1.82, 2.24) is 5.43 Å². The molecule has 1 atom stereocenters. The van der Waals surface area contributed by atoms with Crippen LogP contribution in [0.2, 0.25) is 0 Å². The van der Waals surface area contributed by atoms with Crippen LogP contribution >= 0.6 is 12.4 Å². The Balaban J connectivity index is 0. The standard InChI is InChI=1S/C6H13N5O4.ClH/c7-6(8)9-3-1-2-4(5(12)13)10-11(14)15;/h4,10H,1-3H2,(H,12,13)(H4,7,8,9);1H/t4-;/m0./s1. The monoisotopic (exact) mass is 255 g/mol. The number of halogens is 1. The van der Waals surface area contributed by atoms with E-state index in [2.05, 4.69) is 4.99 Å². The minimum absolute atomic E-state index is 0. The van der Waals surface area contributed by atoms with Crippen LogP contribution in [0.1, 0.15) is 12.8 Å². The predicted molar refractivity (Wildman–Crippen MR) is 58.7 cm³/mol. The lowest BCUT2D eigenvalue weighted by Gasteiger charge is -2.07. The highest BCUT2D eigenvalue weighted by molar-refractivity contribution is 5.85. The number of nitro groups is 1. The van der Waals surface area contributed by atoms with E-state index >= 15 is 0 Å². The molecule has 94 valence electrons. The maximum Gasteiger partial charge on any atom is 0.332 e. The summed E-state index contributed by atoms with van der Waals surface area (Å²) in [6, 6.07) is -1.23. The van der Waals surface area contributed by atoms with Gasteiger partial charge in [0.15, 0.2) is 17.0 Å². The minimum atomic E-state index is -1.28. The molecule has 0 saturated heterocycles. The predicted octanol–water partition coefficient (Wildman–Crippen LogP) is -1.30. The minimum Gasteiger partial charge on any atom is -0.480 e. The zero-order valence-corrected chi connectivity index (χ0v) is 9.14. The van der Waals surface area contributed by atoms with Crippen LogP contribution in [0.4, 0.5) is 0 Å². The Morgan fingerprint density at radius 1 is 1.56 bits per heavy atom. The Bertz CT molecular complexity index is 268. The van der Waals surface area contributed by atoms with Gasteiger partial charge in [-0.15, -0.1) is 17.8 Å². The largest absolute Gasteiger partial charge is 0.480 e. The van der Waals surface area contributed by atoms with Gasteiger partial charge in [-0.05, 0) is 12.8 Å². The number of guanidine groups is 1. The average Bonchev–Trinajstić information content (AvgIpc) is 2.08. The second-order valence-corrected chi connectivity index (χ2v) is 2.73. The number of nitrogens with zero attached hydrogens (tertiary/aromatic N) is 2. The summed E-state index contributed by atoms with van der Waals surface area (Å²) in [6.07, 6.45) is 0.419. The van der Waals surface area contributed by atoms with E-state index in [0.717, 1.165) is 0 Å². The van der Waals surface area contributed by atoms with Gasteiger partial charge < -0.3 is 16.6 Å². The molecule has 0 bridgehead atoms. The van der Waals surface area contributed by atoms with Crippen LogP contribution in [0, 0.1) is 10.1 Å². The van der Waals surface area contributed by atoms with Crippen molar-refractivity contribution in [3.8, 4) is 0 Å². The van der Waals surface area contributed by atoms with Gasteiger partial charge in [-0.1, -0.05) is 0 Å². The fraction of sp³-hybridized carbons (Fsp3) is 0.667. The highest BCUT2D eigenvalue weighted by Gasteiger charge is 2.20. The van der Waals surface area contributed by atoms with E-state index in [1.165, 1.54) is 0 Å². The molecule has 0 saturated carbocycles. The summed E-state index contributed by atoms with van der Waals surface area (Å²) in [7, 11) is 0. The van der Waals surface area contributed by atoms with Crippen molar-refractivity contribution in [2.75, 3.05) is 6.54 Å². The van der Waals surface area contributed by atoms with Gasteiger partial charge in [0.1, 0.15) is 0 Å². The zero-order chi connectivity index (χ0) is 11.8. The third-order valence-corrected chi connectivity index (χ3v) is 1.50. The summed E-state index contributed by atoms with van der Waals surface area (Å²) >= 11 is 0. The SMILES string of the molecule is Cl.NC(N)=NCCC[C@H](N[N+](=O)[O-])C(=O)O. The summed E-state index contributed by atoms with van der Waals surface area (Å²) in [6.45, 7) is 0.242. The van der Waals surface area contributed by atoms with Crippen molar-refractivity contribution in [2.24, 2.45) is 16.5 Å². The van der Waals surface area contributed by atoms with Gasteiger partial charge in [-0.2, -0.15) is 0 Å². The van der Waals surface area contributed by atoms with Gasteiger partial charge >= 0.3 is 5.97 Å². The molecule has 0 aromatic carbocycles. The number of nitrogens with one attached hydrogen (secondary N) is 1. The molecule has 0 aliphatic rings. The van der Waals surface area contributed by atoms with E-state index in [1.54, 1.807) is 5.43 Å². The summed E-state index contributed by atoms with van der Waals surface area (Å²) in [5.74, 6) is -1.37. The first kappa shape index (κ1) is 16.7. The number of aliphatic carboxylic acids is 1. The Morgan fingerprint density at radius 3 is 2.50 bits per heavy atom. The van der Waals surface area contributed by atoms with E-state index in [0.29, 0.717) is 6.42 Å². The molecule has 0 amide bonds. The van der Waals surface area contributed by atoms with Crippen molar-refractivity contribution < 1.29 is 14.9 Å². The first-order valence-corrected chi connectivity index (χ1v) is 4.12. The maximum atomic E-state index is 10.5. The normalized spacial score (nSPS) is 10.8. The van der Waals surface area contributed by atoms with Crippen molar-refractivity contribution >= 4 is 24.3 Å². The first-order chi connectivity index (χ1) is 6.93. The van der Waals surface area contributed by atoms with Crippen LogP contribution in [0.15, 0.2) is 4.99 Å². The topological polar surface area (TPSA) is 157 Å². The van der Waals surface area contributed by atoms with Crippen LogP contribution in [0.3, 0.4) is 0 Å². The molecule has 0 aromatic heterocycles. The highest BCUT2D eigenvalue weighted by atomic mass is 35.5. The number of hydrogen-bond acceptors (Lipinski definition) is 4. The third-order valence-electron chi connectivity index (χ3n) is 1.50. The second-order valence-electron chi connectivity index (χ2n) is 2.73. The number of carbonyl (C=O) groups is 1. The summed E-state index contributed by atoms with van der Waals surface area (Å²) < 4.78 is 0. The van der Waals surface area contributed by atoms with E-state index in [-0.39, 0.29) is 31.3 Å². The number of nitrogens with two attached hydrogens (primary N) is 2. The van der Waals surface area contributed by atoms with E-state index < -0.39 is 17.0 Å². The van der Waals surface area contributed by atoms with Crippen LogP contribution in [0.5, 0.6) is 0 Å². The number of hydrogen-bond donors (Lipinski definition) is 4. The molecule has 0 spiro atoms. The number of rotatable bonds is 7. The molecular formula is C6H14ClN5O4. The Morgan fingerprint density at radius 2 is 2.12 bits per heavy atom. The number of carboxylic acid groups (broad SMARTS) is 1. The van der Waals surface area contributed by atoms with E-state index in [4.69, 9.17) is 16.6 Å². The number of carboxylic acids is 1. The lowest BCUT2D eigenvalue weighted by Crippen LogP contribution is -2.40. The number of aliphatic imine (C=N–C) groups is 1. The van der Waals surface area contributed by atoms with Gasteiger partial charge in [0.25, 0.3) is 0 Å². The van der Waals surface area contributed by atoms with Crippen molar-refractivity contribution in [3.05, 3.63) is 10.1 Å². The molecule has 9 nitrogen and oxygen atoms in total. The Labute approximate surface area is 97.4 Å². The van der Waals surface area contributed by atoms with Gasteiger partial charge in [-0.3, -0.25) is 4.99 Å². The van der Waals surface area contributed by atoms with Crippen LogP contribution in [-0.4, -0.2) is 34.7 Å². The second kappa shape index (κ2) is 8.53. The average molecular weight is 256 g/mol.